The summed E-state index contributed by atoms with van der Waals surface area (Å²) in [6.07, 6.45) is 1.63. The first kappa shape index (κ1) is 29.7. The topological polar surface area (TPSA) is 70.5 Å². The second kappa shape index (κ2) is 13.4. The van der Waals surface area contributed by atoms with Gasteiger partial charge in [0, 0.05) is 68.9 Å². The first-order valence-electron chi connectivity index (χ1n) is 14.1. The Labute approximate surface area is 252 Å². The SMILES string of the molecule is COc1cc(N2CCN(CCc3nn(CCc4ccc(OC)c(OC)c4)c4cc(OC)c(OC)cc34)CC2)ccc1Cl. The minimum atomic E-state index is 0.629. The number of methoxy groups -OCH3 is 5. The summed E-state index contributed by atoms with van der Waals surface area (Å²) >= 11 is 6.23. The number of hydrogen-bond donors (Lipinski definition) is 0. The molecule has 5 rings (SSSR count). The molecule has 1 aliphatic heterocycles. The van der Waals surface area contributed by atoms with E-state index in [-0.39, 0.29) is 0 Å². The van der Waals surface area contributed by atoms with Gasteiger partial charge in [-0.2, -0.15) is 5.10 Å². The second-order valence-electron chi connectivity index (χ2n) is 10.2. The molecule has 1 aromatic heterocycles. The van der Waals surface area contributed by atoms with E-state index in [2.05, 4.69) is 32.7 Å². The second-order valence-corrected chi connectivity index (χ2v) is 10.6. The van der Waals surface area contributed by atoms with Crippen LogP contribution in [0.5, 0.6) is 28.7 Å². The third-order valence-corrected chi connectivity index (χ3v) is 8.24. The number of piperazine rings is 1. The van der Waals surface area contributed by atoms with E-state index in [9.17, 15) is 0 Å². The lowest BCUT2D eigenvalue weighted by molar-refractivity contribution is 0.260. The molecule has 42 heavy (non-hydrogen) atoms. The summed E-state index contributed by atoms with van der Waals surface area (Å²) in [5.74, 6) is 3.55. The monoisotopic (exact) mass is 594 g/mol. The number of halogens is 1. The van der Waals surface area contributed by atoms with E-state index in [1.807, 2.05) is 30.3 Å². The van der Waals surface area contributed by atoms with Gasteiger partial charge in [0.25, 0.3) is 0 Å². The number of hydrogen-bond acceptors (Lipinski definition) is 8. The number of benzene rings is 3. The lowest BCUT2D eigenvalue weighted by atomic mass is 10.1. The number of nitrogens with zero attached hydrogens (tertiary/aromatic N) is 4. The van der Waals surface area contributed by atoms with Crippen LogP contribution in [0.4, 0.5) is 5.69 Å². The molecule has 0 bridgehead atoms. The van der Waals surface area contributed by atoms with Crippen LogP contribution in [0.2, 0.25) is 5.02 Å². The van der Waals surface area contributed by atoms with Gasteiger partial charge in [0.1, 0.15) is 5.75 Å². The van der Waals surface area contributed by atoms with E-state index in [1.165, 1.54) is 0 Å². The quantitative estimate of drug-likeness (QED) is 0.218. The average molecular weight is 595 g/mol. The lowest BCUT2D eigenvalue weighted by Gasteiger charge is -2.36. The summed E-state index contributed by atoms with van der Waals surface area (Å²) in [7, 11) is 8.28. The first-order chi connectivity index (χ1) is 20.5. The fraction of sp³-hybridized carbons (Fsp3) is 0.406. The maximum absolute atomic E-state index is 6.23. The predicted molar refractivity (Wildman–Crippen MR) is 166 cm³/mol. The molecule has 1 aliphatic rings. The number of rotatable bonds is 12. The van der Waals surface area contributed by atoms with Crippen LogP contribution in [-0.4, -0.2) is 83.0 Å². The maximum Gasteiger partial charge on any atom is 0.162 e. The van der Waals surface area contributed by atoms with Crippen LogP contribution in [-0.2, 0) is 19.4 Å². The van der Waals surface area contributed by atoms with Crippen molar-refractivity contribution in [3.63, 3.8) is 0 Å². The molecule has 10 heteroatoms. The highest BCUT2D eigenvalue weighted by Gasteiger charge is 2.21. The van der Waals surface area contributed by atoms with Gasteiger partial charge in [0.2, 0.25) is 0 Å². The summed E-state index contributed by atoms with van der Waals surface area (Å²) < 4.78 is 29.6. The Hall–Kier alpha value is -3.82. The van der Waals surface area contributed by atoms with Crippen LogP contribution in [0.15, 0.2) is 48.5 Å². The maximum atomic E-state index is 6.23. The Morgan fingerprint density at radius 2 is 1.33 bits per heavy atom. The molecule has 0 amide bonds. The van der Waals surface area contributed by atoms with Gasteiger partial charge in [-0.1, -0.05) is 17.7 Å². The Morgan fingerprint density at radius 3 is 2.02 bits per heavy atom. The van der Waals surface area contributed by atoms with Crippen molar-refractivity contribution >= 4 is 28.2 Å². The third-order valence-electron chi connectivity index (χ3n) is 7.93. The summed E-state index contributed by atoms with van der Waals surface area (Å²) in [6.45, 7) is 5.46. The predicted octanol–water partition coefficient (Wildman–Crippen LogP) is 5.34. The van der Waals surface area contributed by atoms with Crippen molar-refractivity contribution in [2.75, 3.05) is 73.2 Å². The summed E-state index contributed by atoms with van der Waals surface area (Å²) in [6, 6.07) is 16.1. The van der Waals surface area contributed by atoms with Gasteiger partial charge >= 0.3 is 0 Å². The van der Waals surface area contributed by atoms with Crippen LogP contribution >= 0.6 is 11.6 Å². The minimum absolute atomic E-state index is 0.629. The molecular weight excluding hydrogens is 556 g/mol. The number of aromatic nitrogens is 2. The molecule has 224 valence electrons. The molecule has 4 aromatic rings. The van der Waals surface area contributed by atoms with E-state index in [0.29, 0.717) is 28.8 Å². The van der Waals surface area contributed by atoms with Crippen LogP contribution in [0.25, 0.3) is 10.9 Å². The Bertz CT molecular complexity index is 1520. The standard InChI is InChI=1S/C32H39ClN4O5/c1-38-28-9-6-22(18-30(28)40-3)10-13-37-27-21-32(42-5)31(41-4)20-24(27)26(34-37)11-12-35-14-16-36(17-15-35)23-7-8-25(33)29(19-23)39-2/h6-9,18-21H,10-17H2,1-5H3. The van der Waals surface area contributed by atoms with Gasteiger partial charge in [0.05, 0.1) is 51.8 Å². The Kier molecular flexibility index (Phi) is 9.49. The molecule has 0 saturated carbocycles. The normalized spacial score (nSPS) is 13.8. The van der Waals surface area contributed by atoms with E-state index >= 15 is 0 Å². The molecule has 2 heterocycles. The van der Waals surface area contributed by atoms with Gasteiger partial charge in [-0.05, 0) is 42.3 Å². The molecule has 0 radical (unpaired) electrons. The van der Waals surface area contributed by atoms with Crippen LogP contribution in [0.1, 0.15) is 11.3 Å². The summed E-state index contributed by atoms with van der Waals surface area (Å²) in [4.78, 5) is 4.88. The van der Waals surface area contributed by atoms with Crippen molar-refractivity contribution in [2.24, 2.45) is 0 Å². The number of fused-ring (bicyclic) bond motifs is 1. The number of aryl methyl sites for hydroxylation is 2. The van der Waals surface area contributed by atoms with Gasteiger partial charge in [0.15, 0.2) is 23.0 Å². The molecule has 9 nitrogen and oxygen atoms in total. The van der Waals surface area contributed by atoms with Gasteiger partial charge < -0.3 is 28.6 Å². The van der Waals surface area contributed by atoms with Gasteiger partial charge in [-0.3, -0.25) is 9.58 Å². The average Bonchev–Trinajstić information content (AvgIpc) is 3.38. The molecule has 0 atom stereocenters. The van der Waals surface area contributed by atoms with E-state index < -0.39 is 0 Å². The van der Waals surface area contributed by atoms with Crippen molar-refractivity contribution in [1.29, 1.82) is 0 Å². The molecule has 0 N–H and O–H groups in total. The fourth-order valence-electron chi connectivity index (χ4n) is 5.53. The highest BCUT2D eigenvalue weighted by molar-refractivity contribution is 6.32. The first-order valence-corrected chi connectivity index (χ1v) is 14.5. The molecule has 0 spiro atoms. The largest absolute Gasteiger partial charge is 0.495 e. The fourth-order valence-corrected chi connectivity index (χ4v) is 5.73. The number of ether oxygens (including phenoxy) is 5. The molecular formula is C32H39ClN4O5. The zero-order valence-corrected chi connectivity index (χ0v) is 25.7. The lowest BCUT2D eigenvalue weighted by Crippen LogP contribution is -2.47. The van der Waals surface area contributed by atoms with Crippen molar-refractivity contribution < 1.29 is 23.7 Å². The van der Waals surface area contributed by atoms with Crippen LogP contribution < -0.4 is 28.6 Å². The van der Waals surface area contributed by atoms with Crippen LogP contribution in [0.3, 0.4) is 0 Å². The number of anilines is 1. The molecule has 0 unspecified atom stereocenters. The zero-order chi connectivity index (χ0) is 29.6. The molecule has 0 aliphatic carbocycles. The van der Waals surface area contributed by atoms with Crippen LogP contribution in [0, 0.1) is 0 Å². The minimum Gasteiger partial charge on any atom is -0.495 e. The smallest absolute Gasteiger partial charge is 0.162 e. The van der Waals surface area contributed by atoms with Crippen molar-refractivity contribution in [3.05, 3.63) is 64.8 Å². The highest BCUT2D eigenvalue weighted by Crippen LogP contribution is 2.35. The molecule has 1 saturated heterocycles. The Morgan fingerprint density at radius 1 is 0.667 bits per heavy atom. The van der Waals surface area contributed by atoms with Crippen molar-refractivity contribution in [2.45, 2.75) is 19.4 Å². The van der Waals surface area contributed by atoms with E-state index in [4.69, 9.17) is 40.4 Å². The van der Waals surface area contributed by atoms with E-state index in [0.717, 1.165) is 84.9 Å². The van der Waals surface area contributed by atoms with Gasteiger partial charge in [-0.15, -0.1) is 0 Å². The van der Waals surface area contributed by atoms with E-state index in [1.54, 1.807) is 35.5 Å². The summed E-state index contributed by atoms with van der Waals surface area (Å²) in [5.41, 5.74) is 4.37. The zero-order valence-electron chi connectivity index (χ0n) is 25.0. The summed E-state index contributed by atoms with van der Waals surface area (Å²) in [5, 5.41) is 6.81. The third kappa shape index (κ3) is 6.32. The van der Waals surface area contributed by atoms with Crippen molar-refractivity contribution in [1.82, 2.24) is 14.7 Å². The molecule has 3 aromatic carbocycles. The van der Waals surface area contributed by atoms with Crippen molar-refractivity contribution in [3.8, 4) is 28.7 Å². The highest BCUT2D eigenvalue weighted by atomic mass is 35.5. The Balaban J connectivity index is 1.30. The molecule has 1 fully saturated rings. The van der Waals surface area contributed by atoms with Gasteiger partial charge in [-0.25, -0.2) is 0 Å².